The van der Waals surface area contributed by atoms with Gasteiger partial charge < -0.3 is 14.3 Å². The Bertz CT molecular complexity index is 768. The lowest BCUT2D eigenvalue weighted by molar-refractivity contribution is 0.357. The number of hydrogen-bond acceptors (Lipinski definition) is 5. The van der Waals surface area contributed by atoms with E-state index in [-0.39, 0.29) is 5.54 Å². The van der Waals surface area contributed by atoms with Crippen molar-refractivity contribution in [1.29, 1.82) is 0 Å². The van der Waals surface area contributed by atoms with E-state index in [0.29, 0.717) is 12.4 Å². The van der Waals surface area contributed by atoms with Gasteiger partial charge in [-0.05, 0) is 39.8 Å². The number of oxazole rings is 1. The fourth-order valence-corrected chi connectivity index (χ4v) is 2.88. The average molecular weight is 311 g/mol. The van der Waals surface area contributed by atoms with Crippen LogP contribution >= 0.6 is 0 Å². The van der Waals surface area contributed by atoms with Gasteiger partial charge in [0.05, 0.1) is 18.4 Å². The summed E-state index contributed by atoms with van der Waals surface area (Å²) in [7, 11) is 0. The Kier molecular flexibility index (Phi) is 4.05. The molecule has 0 spiro atoms. The SMILES string of the molecule is Cc1noc(C)c1C(C)(C)NCc1cnc(-c2ccccc2)o1. The first-order chi connectivity index (χ1) is 11.0. The third-order valence-corrected chi connectivity index (χ3v) is 3.94. The van der Waals surface area contributed by atoms with Gasteiger partial charge in [0.15, 0.2) is 0 Å². The number of nitrogens with one attached hydrogen (secondary N) is 1. The van der Waals surface area contributed by atoms with Gasteiger partial charge in [0.25, 0.3) is 0 Å². The van der Waals surface area contributed by atoms with Gasteiger partial charge in [-0.25, -0.2) is 4.98 Å². The third kappa shape index (κ3) is 3.19. The molecular weight excluding hydrogens is 290 g/mol. The van der Waals surface area contributed by atoms with Crippen LogP contribution in [-0.2, 0) is 12.1 Å². The normalized spacial score (nSPS) is 11.8. The fourth-order valence-electron chi connectivity index (χ4n) is 2.88. The molecule has 0 aliphatic rings. The van der Waals surface area contributed by atoms with E-state index in [2.05, 4.69) is 29.3 Å². The molecular formula is C18H21N3O2. The van der Waals surface area contributed by atoms with Crippen LogP contribution < -0.4 is 5.32 Å². The maximum Gasteiger partial charge on any atom is 0.226 e. The lowest BCUT2D eigenvalue weighted by Crippen LogP contribution is -2.36. The standard InChI is InChI=1S/C18H21N3O2/c1-12-16(13(2)23-21-12)18(3,4)20-11-15-10-19-17(22-15)14-8-6-5-7-9-14/h5-10,20H,11H2,1-4H3. The molecule has 2 aromatic heterocycles. The van der Waals surface area contributed by atoms with Crippen molar-refractivity contribution in [3.63, 3.8) is 0 Å². The van der Waals surface area contributed by atoms with Gasteiger partial charge >= 0.3 is 0 Å². The van der Waals surface area contributed by atoms with E-state index in [1.165, 1.54) is 0 Å². The van der Waals surface area contributed by atoms with Gasteiger partial charge in [0.1, 0.15) is 11.5 Å². The Morgan fingerprint density at radius 2 is 1.87 bits per heavy atom. The van der Waals surface area contributed by atoms with Crippen molar-refractivity contribution in [3.05, 3.63) is 59.3 Å². The topological polar surface area (TPSA) is 64.1 Å². The summed E-state index contributed by atoms with van der Waals surface area (Å²) in [6.45, 7) is 8.68. The first kappa shape index (κ1) is 15.5. The van der Waals surface area contributed by atoms with Crippen LogP contribution in [0.15, 0.2) is 45.5 Å². The Hall–Kier alpha value is -2.40. The molecule has 0 fully saturated rings. The number of aromatic nitrogens is 2. The first-order valence-corrected chi connectivity index (χ1v) is 7.66. The third-order valence-electron chi connectivity index (χ3n) is 3.94. The van der Waals surface area contributed by atoms with Crippen LogP contribution in [-0.4, -0.2) is 10.1 Å². The minimum Gasteiger partial charge on any atom is -0.440 e. The molecule has 0 atom stereocenters. The molecule has 120 valence electrons. The van der Waals surface area contributed by atoms with Gasteiger partial charge in [0, 0.05) is 16.7 Å². The van der Waals surface area contributed by atoms with Gasteiger partial charge in [-0.15, -0.1) is 0 Å². The van der Waals surface area contributed by atoms with E-state index in [9.17, 15) is 0 Å². The second-order valence-corrected chi connectivity index (χ2v) is 6.18. The highest BCUT2D eigenvalue weighted by atomic mass is 16.5. The fraction of sp³-hybridized carbons (Fsp3) is 0.333. The molecule has 1 N–H and O–H groups in total. The number of aryl methyl sites for hydroxylation is 2. The average Bonchev–Trinajstić information content (AvgIpc) is 3.13. The van der Waals surface area contributed by atoms with Crippen molar-refractivity contribution in [2.45, 2.75) is 39.8 Å². The lowest BCUT2D eigenvalue weighted by Gasteiger charge is -2.25. The van der Waals surface area contributed by atoms with E-state index in [1.54, 1.807) is 6.20 Å². The van der Waals surface area contributed by atoms with Gasteiger partial charge in [0.2, 0.25) is 5.89 Å². The lowest BCUT2D eigenvalue weighted by atomic mass is 9.92. The second-order valence-electron chi connectivity index (χ2n) is 6.18. The molecule has 3 rings (SSSR count). The largest absolute Gasteiger partial charge is 0.440 e. The van der Waals surface area contributed by atoms with Crippen molar-refractivity contribution in [2.24, 2.45) is 0 Å². The zero-order valence-electron chi connectivity index (χ0n) is 13.9. The van der Waals surface area contributed by atoms with Gasteiger partial charge in [-0.3, -0.25) is 0 Å². The smallest absolute Gasteiger partial charge is 0.226 e. The van der Waals surface area contributed by atoms with Crippen LogP contribution in [0.25, 0.3) is 11.5 Å². The second kappa shape index (κ2) is 6.01. The molecule has 0 saturated heterocycles. The van der Waals surface area contributed by atoms with E-state index in [1.807, 2.05) is 44.2 Å². The van der Waals surface area contributed by atoms with Crippen LogP contribution in [0.1, 0.15) is 36.6 Å². The molecule has 2 heterocycles. The molecule has 0 unspecified atom stereocenters. The van der Waals surface area contributed by atoms with Crippen molar-refractivity contribution < 1.29 is 8.94 Å². The van der Waals surface area contributed by atoms with Gasteiger partial charge in [-0.2, -0.15) is 0 Å². The van der Waals surface area contributed by atoms with E-state index >= 15 is 0 Å². The molecule has 0 aliphatic carbocycles. The molecule has 5 nitrogen and oxygen atoms in total. The summed E-state index contributed by atoms with van der Waals surface area (Å²) < 4.78 is 11.1. The molecule has 0 radical (unpaired) electrons. The summed E-state index contributed by atoms with van der Waals surface area (Å²) in [5.74, 6) is 2.27. The number of rotatable bonds is 5. The summed E-state index contributed by atoms with van der Waals surface area (Å²) in [6.07, 6.45) is 1.76. The van der Waals surface area contributed by atoms with E-state index in [4.69, 9.17) is 8.94 Å². The molecule has 0 bridgehead atoms. The monoisotopic (exact) mass is 311 g/mol. The molecule has 23 heavy (non-hydrogen) atoms. The predicted molar refractivity (Wildman–Crippen MR) is 87.8 cm³/mol. The van der Waals surface area contributed by atoms with Gasteiger partial charge in [-0.1, -0.05) is 23.4 Å². The molecule has 0 amide bonds. The zero-order valence-corrected chi connectivity index (χ0v) is 13.9. The minimum absolute atomic E-state index is 0.270. The summed E-state index contributed by atoms with van der Waals surface area (Å²) in [5.41, 5.74) is 2.69. The molecule has 1 aromatic carbocycles. The van der Waals surface area contributed by atoms with Crippen LogP contribution in [0.5, 0.6) is 0 Å². The zero-order chi connectivity index (χ0) is 16.4. The van der Waals surface area contributed by atoms with Crippen molar-refractivity contribution in [3.8, 4) is 11.5 Å². The quantitative estimate of drug-likeness (QED) is 0.772. The maximum absolute atomic E-state index is 5.83. The summed E-state index contributed by atoms with van der Waals surface area (Å²) in [6, 6.07) is 9.88. The van der Waals surface area contributed by atoms with Crippen LogP contribution in [0, 0.1) is 13.8 Å². The minimum atomic E-state index is -0.270. The van der Waals surface area contributed by atoms with Crippen molar-refractivity contribution in [1.82, 2.24) is 15.5 Å². The Morgan fingerprint density at radius 1 is 1.13 bits per heavy atom. The molecule has 3 aromatic rings. The Balaban J connectivity index is 1.73. The molecule has 0 saturated carbocycles. The number of hydrogen-bond donors (Lipinski definition) is 1. The molecule has 0 aliphatic heterocycles. The number of nitrogens with zero attached hydrogens (tertiary/aromatic N) is 2. The maximum atomic E-state index is 5.83. The Labute approximate surface area is 135 Å². The highest BCUT2D eigenvalue weighted by molar-refractivity contribution is 5.52. The van der Waals surface area contributed by atoms with Crippen molar-refractivity contribution in [2.75, 3.05) is 0 Å². The Morgan fingerprint density at radius 3 is 2.52 bits per heavy atom. The predicted octanol–water partition coefficient (Wildman–Crippen LogP) is 3.97. The highest BCUT2D eigenvalue weighted by Crippen LogP contribution is 2.27. The highest BCUT2D eigenvalue weighted by Gasteiger charge is 2.27. The first-order valence-electron chi connectivity index (χ1n) is 7.66. The summed E-state index contributed by atoms with van der Waals surface area (Å²) >= 11 is 0. The number of benzene rings is 1. The molecule has 5 heteroatoms. The van der Waals surface area contributed by atoms with E-state index < -0.39 is 0 Å². The summed E-state index contributed by atoms with van der Waals surface area (Å²) in [5, 5.41) is 7.52. The summed E-state index contributed by atoms with van der Waals surface area (Å²) in [4.78, 5) is 4.35. The van der Waals surface area contributed by atoms with E-state index in [0.717, 1.165) is 28.3 Å². The van der Waals surface area contributed by atoms with Crippen molar-refractivity contribution >= 4 is 0 Å². The van der Waals surface area contributed by atoms with Crippen LogP contribution in [0.3, 0.4) is 0 Å². The van der Waals surface area contributed by atoms with Crippen LogP contribution in [0.2, 0.25) is 0 Å². The van der Waals surface area contributed by atoms with Crippen LogP contribution in [0.4, 0.5) is 0 Å².